The van der Waals surface area contributed by atoms with Gasteiger partial charge in [0, 0.05) is 6.54 Å². The van der Waals surface area contributed by atoms with Gasteiger partial charge in [0.1, 0.15) is 6.54 Å². The van der Waals surface area contributed by atoms with E-state index in [0.717, 1.165) is 31.2 Å². The van der Waals surface area contributed by atoms with Gasteiger partial charge in [-0.05, 0) is 31.8 Å². The summed E-state index contributed by atoms with van der Waals surface area (Å²) in [4.78, 5) is 12.8. The lowest BCUT2D eigenvalue weighted by molar-refractivity contribution is -0.137. The highest BCUT2D eigenvalue weighted by Gasteiger charge is 2.16. The van der Waals surface area contributed by atoms with Crippen molar-refractivity contribution in [3.8, 4) is 0 Å². The number of piperidine rings is 1. The first kappa shape index (κ1) is 12.0. The van der Waals surface area contributed by atoms with Crippen LogP contribution in [-0.2, 0) is 17.9 Å². The van der Waals surface area contributed by atoms with Crippen LogP contribution in [0.1, 0.15) is 25.5 Å². The molecule has 0 bridgehead atoms. The van der Waals surface area contributed by atoms with Gasteiger partial charge in [-0.15, -0.1) is 5.10 Å². The standard InChI is InChI=1S/C11H18N4O2/c1-9-2-4-14(5-3-9)6-10-7-15(13-12-10)8-11(16)17/h7,9H,2-6,8H2,1H3,(H,16,17). The van der Waals surface area contributed by atoms with Crippen LogP contribution in [-0.4, -0.2) is 44.1 Å². The van der Waals surface area contributed by atoms with Crippen LogP contribution in [0, 0.1) is 5.92 Å². The molecule has 0 aromatic carbocycles. The molecule has 1 fully saturated rings. The van der Waals surface area contributed by atoms with Gasteiger partial charge in [0.25, 0.3) is 0 Å². The van der Waals surface area contributed by atoms with Crippen molar-refractivity contribution in [1.29, 1.82) is 0 Å². The molecule has 1 aromatic rings. The molecule has 1 aliphatic heterocycles. The predicted molar refractivity (Wildman–Crippen MR) is 61.3 cm³/mol. The van der Waals surface area contributed by atoms with Crippen molar-refractivity contribution in [3.63, 3.8) is 0 Å². The van der Waals surface area contributed by atoms with Crippen molar-refractivity contribution >= 4 is 5.97 Å². The molecule has 0 amide bonds. The van der Waals surface area contributed by atoms with E-state index in [1.54, 1.807) is 6.20 Å². The molecule has 6 heteroatoms. The Morgan fingerprint density at radius 1 is 1.53 bits per heavy atom. The number of hydrogen-bond acceptors (Lipinski definition) is 4. The molecule has 2 heterocycles. The van der Waals surface area contributed by atoms with Crippen LogP contribution < -0.4 is 0 Å². The van der Waals surface area contributed by atoms with Gasteiger partial charge >= 0.3 is 5.97 Å². The van der Waals surface area contributed by atoms with Gasteiger partial charge in [0.05, 0.1) is 11.9 Å². The highest BCUT2D eigenvalue weighted by atomic mass is 16.4. The third kappa shape index (κ3) is 3.52. The molecule has 2 rings (SSSR count). The fourth-order valence-corrected chi connectivity index (χ4v) is 2.08. The molecule has 0 unspecified atom stereocenters. The molecule has 0 atom stereocenters. The van der Waals surface area contributed by atoms with Crippen LogP contribution >= 0.6 is 0 Å². The van der Waals surface area contributed by atoms with E-state index in [4.69, 9.17) is 5.11 Å². The number of nitrogens with zero attached hydrogens (tertiary/aromatic N) is 4. The van der Waals surface area contributed by atoms with E-state index >= 15 is 0 Å². The maximum absolute atomic E-state index is 10.5. The predicted octanol–water partition coefficient (Wildman–Crippen LogP) is 0.595. The van der Waals surface area contributed by atoms with Crippen LogP contribution in [0.15, 0.2) is 6.20 Å². The van der Waals surface area contributed by atoms with Crippen LogP contribution in [0.4, 0.5) is 0 Å². The van der Waals surface area contributed by atoms with Crippen LogP contribution in [0.2, 0.25) is 0 Å². The average Bonchev–Trinajstić information content (AvgIpc) is 2.68. The molecule has 94 valence electrons. The maximum atomic E-state index is 10.5. The molecule has 6 nitrogen and oxygen atoms in total. The largest absolute Gasteiger partial charge is 0.480 e. The number of carboxylic acid groups (broad SMARTS) is 1. The first-order valence-corrected chi connectivity index (χ1v) is 5.96. The Morgan fingerprint density at radius 2 is 2.24 bits per heavy atom. The van der Waals surface area contributed by atoms with Gasteiger partial charge in [0.15, 0.2) is 0 Å². The maximum Gasteiger partial charge on any atom is 0.325 e. The summed E-state index contributed by atoms with van der Waals surface area (Å²) in [6, 6.07) is 0. The lowest BCUT2D eigenvalue weighted by atomic mass is 9.99. The van der Waals surface area contributed by atoms with E-state index in [9.17, 15) is 4.79 Å². The van der Waals surface area contributed by atoms with Crippen LogP contribution in [0.3, 0.4) is 0 Å². The normalized spacial score (nSPS) is 18.4. The minimum absolute atomic E-state index is 0.121. The molecule has 0 aliphatic carbocycles. The van der Waals surface area contributed by atoms with E-state index in [0.29, 0.717) is 0 Å². The van der Waals surface area contributed by atoms with Gasteiger partial charge in [-0.25, -0.2) is 4.68 Å². The monoisotopic (exact) mass is 238 g/mol. The molecular weight excluding hydrogens is 220 g/mol. The fourth-order valence-electron chi connectivity index (χ4n) is 2.08. The Kier molecular flexibility index (Phi) is 3.73. The summed E-state index contributed by atoms with van der Waals surface area (Å²) in [6.07, 6.45) is 4.17. The highest BCUT2D eigenvalue weighted by molar-refractivity contribution is 5.66. The van der Waals surface area contributed by atoms with E-state index in [1.165, 1.54) is 17.5 Å². The Labute approximate surface area is 100 Å². The number of aromatic nitrogens is 3. The summed E-state index contributed by atoms with van der Waals surface area (Å²) in [5.41, 5.74) is 0.848. The Morgan fingerprint density at radius 3 is 2.88 bits per heavy atom. The molecule has 1 N–H and O–H groups in total. The molecular formula is C11H18N4O2. The van der Waals surface area contributed by atoms with Crippen molar-refractivity contribution < 1.29 is 9.90 Å². The lowest BCUT2D eigenvalue weighted by Crippen LogP contribution is -2.32. The molecule has 0 saturated carbocycles. The quantitative estimate of drug-likeness (QED) is 0.831. The van der Waals surface area contributed by atoms with Gasteiger partial charge in [-0.3, -0.25) is 9.69 Å². The van der Waals surface area contributed by atoms with E-state index in [2.05, 4.69) is 22.1 Å². The summed E-state index contributed by atoms with van der Waals surface area (Å²) in [5, 5.41) is 16.4. The Balaban J connectivity index is 1.86. The fraction of sp³-hybridized carbons (Fsp3) is 0.727. The minimum Gasteiger partial charge on any atom is -0.480 e. The molecule has 1 saturated heterocycles. The number of hydrogen-bond donors (Lipinski definition) is 1. The summed E-state index contributed by atoms with van der Waals surface area (Å²) in [7, 11) is 0. The van der Waals surface area contributed by atoms with Crippen molar-refractivity contribution in [2.24, 2.45) is 5.92 Å². The summed E-state index contributed by atoms with van der Waals surface area (Å²) in [6.45, 7) is 5.11. The van der Waals surface area contributed by atoms with E-state index < -0.39 is 5.97 Å². The van der Waals surface area contributed by atoms with E-state index in [-0.39, 0.29) is 6.54 Å². The van der Waals surface area contributed by atoms with Crippen molar-refractivity contribution in [2.75, 3.05) is 13.1 Å². The lowest BCUT2D eigenvalue weighted by Gasteiger charge is -2.29. The van der Waals surface area contributed by atoms with Crippen LogP contribution in [0.25, 0.3) is 0 Å². The van der Waals surface area contributed by atoms with Crippen LogP contribution in [0.5, 0.6) is 0 Å². The number of rotatable bonds is 4. The first-order chi connectivity index (χ1) is 8.13. The summed E-state index contributed by atoms with van der Waals surface area (Å²) >= 11 is 0. The van der Waals surface area contributed by atoms with E-state index in [1.807, 2.05) is 0 Å². The summed E-state index contributed by atoms with van der Waals surface area (Å²) < 4.78 is 1.37. The number of carbonyl (C=O) groups is 1. The average molecular weight is 238 g/mol. The van der Waals surface area contributed by atoms with Crippen molar-refractivity contribution in [3.05, 3.63) is 11.9 Å². The molecule has 0 spiro atoms. The first-order valence-electron chi connectivity index (χ1n) is 5.96. The second-order valence-electron chi connectivity index (χ2n) is 4.76. The number of likely N-dealkylation sites (tertiary alicyclic amines) is 1. The van der Waals surface area contributed by atoms with Gasteiger partial charge in [-0.1, -0.05) is 12.1 Å². The highest BCUT2D eigenvalue weighted by Crippen LogP contribution is 2.17. The molecule has 0 radical (unpaired) electrons. The zero-order valence-electron chi connectivity index (χ0n) is 10.0. The van der Waals surface area contributed by atoms with Gasteiger partial charge in [-0.2, -0.15) is 0 Å². The SMILES string of the molecule is CC1CCN(Cc2cn(CC(=O)O)nn2)CC1. The zero-order valence-corrected chi connectivity index (χ0v) is 10.0. The number of carboxylic acids is 1. The minimum atomic E-state index is -0.895. The zero-order chi connectivity index (χ0) is 12.3. The summed E-state index contributed by atoms with van der Waals surface area (Å²) in [5.74, 6) is -0.0813. The third-order valence-electron chi connectivity index (χ3n) is 3.15. The molecule has 1 aromatic heterocycles. The third-order valence-corrected chi connectivity index (χ3v) is 3.15. The second-order valence-corrected chi connectivity index (χ2v) is 4.76. The molecule has 17 heavy (non-hydrogen) atoms. The smallest absolute Gasteiger partial charge is 0.325 e. The second kappa shape index (κ2) is 5.27. The van der Waals surface area contributed by atoms with Crippen molar-refractivity contribution in [1.82, 2.24) is 19.9 Å². The van der Waals surface area contributed by atoms with Gasteiger partial charge in [0.2, 0.25) is 0 Å². The Bertz CT molecular complexity index is 383. The van der Waals surface area contributed by atoms with Gasteiger partial charge < -0.3 is 5.11 Å². The molecule has 1 aliphatic rings. The van der Waals surface area contributed by atoms with Crippen molar-refractivity contribution in [2.45, 2.75) is 32.9 Å². The number of aliphatic carboxylic acids is 1. The topological polar surface area (TPSA) is 71.2 Å². The Hall–Kier alpha value is -1.43.